The lowest BCUT2D eigenvalue weighted by Gasteiger charge is -2.26. The van der Waals surface area contributed by atoms with Gasteiger partial charge < -0.3 is 5.32 Å². The van der Waals surface area contributed by atoms with E-state index in [1.165, 1.54) is 31.2 Å². The summed E-state index contributed by atoms with van der Waals surface area (Å²) < 4.78 is 0. The van der Waals surface area contributed by atoms with E-state index in [9.17, 15) is 0 Å². The minimum Gasteiger partial charge on any atom is -0.312 e. The zero-order valence-corrected chi connectivity index (χ0v) is 12.5. The number of rotatable bonds is 4. The summed E-state index contributed by atoms with van der Waals surface area (Å²) in [6.45, 7) is 2.15. The maximum Gasteiger partial charge on any atom is 0.0205 e. The summed E-state index contributed by atoms with van der Waals surface area (Å²) in [4.78, 5) is 0. The highest BCUT2D eigenvalue weighted by Gasteiger charge is 2.55. The van der Waals surface area contributed by atoms with Gasteiger partial charge in [-0.2, -0.15) is 0 Å². The molecule has 0 radical (unpaired) electrons. The molecule has 2 aromatic rings. The molecular formula is C20H23N. The first-order valence-electron chi connectivity index (χ1n) is 8.21. The lowest BCUT2D eigenvalue weighted by atomic mass is 9.78. The summed E-state index contributed by atoms with van der Waals surface area (Å²) in [5.41, 5.74) is 5.16. The predicted molar refractivity (Wildman–Crippen MR) is 87.3 cm³/mol. The lowest BCUT2D eigenvalue weighted by Crippen LogP contribution is -2.24. The number of fused-ring (bicyclic) bond motifs is 2. The molecule has 108 valence electrons. The van der Waals surface area contributed by atoms with E-state index in [4.69, 9.17) is 0 Å². The minimum absolute atomic E-state index is 0.512. The summed E-state index contributed by atoms with van der Waals surface area (Å²) in [5.74, 6) is 0.836. The average molecular weight is 277 g/mol. The number of hydrogen-bond donors (Lipinski definition) is 1. The van der Waals surface area contributed by atoms with E-state index < -0.39 is 0 Å². The SMILES string of the molecule is c1ccc(CNCC2CC23CCCc2ccccc23)cc1. The van der Waals surface area contributed by atoms with Crippen molar-refractivity contribution in [3.05, 3.63) is 71.3 Å². The van der Waals surface area contributed by atoms with Gasteiger partial charge in [-0.05, 0) is 60.3 Å². The molecule has 0 saturated heterocycles. The molecular weight excluding hydrogens is 254 g/mol. The van der Waals surface area contributed by atoms with Crippen molar-refractivity contribution in [2.24, 2.45) is 5.92 Å². The van der Waals surface area contributed by atoms with Crippen molar-refractivity contribution in [3.8, 4) is 0 Å². The molecule has 2 atom stereocenters. The Bertz CT molecular complexity index is 619. The third kappa shape index (κ3) is 2.40. The van der Waals surface area contributed by atoms with Crippen LogP contribution in [0.15, 0.2) is 54.6 Å². The topological polar surface area (TPSA) is 12.0 Å². The van der Waals surface area contributed by atoms with Gasteiger partial charge in [-0.15, -0.1) is 0 Å². The van der Waals surface area contributed by atoms with Crippen molar-refractivity contribution in [2.45, 2.75) is 37.6 Å². The van der Waals surface area contributed by atoms with Crippen LogP contribution < -0.4 is 5.32 Å². The Morgan fingerprint density at radius 1 is 1.00 bits per heavy atom. The van der Waals surface area contributed by atoms with Crippen LogP contribution in [0.5, 0.6) is 0 Å². The first-order chi connectivity index (χ1) is 10.4. The number of hydrogen-bond acceptors (Lipinski definition) is 1. The van der Waals surface area contributed by atoms with Gasteiger partial charge in [0.25, 0.3) is 0 Å². The van der Waals surface area contributed by atoms with Gasteiger partial charge in [-0.25, -0.2) is 0 Å². The summed E-state index contributed by atoms with van der Waals surface area (Å²) in [6.07, 6.45) is 5.42. The van der Waals surface area contributed by atoms with Crippen LogP contribution in [0.1, 0.15) is 36.0 Å². The quantitative estimate of drug-likeness (QED) is 0.888. The summed E-state index contributed by atoms with van der Waals surface area (Å²) >= 11 is 0. The van der Waals surface area contributed by atoms with Crippen LogP contribution in [0, 0.1) is 5.92 Å². The Balaban J connectivity index is 1.40. The average Bonchev–Trinajstić information content (AvgIpc) is 3.22. The van der Waals surface area contributed by atoms with Crippen LogP contribution in [0.3, 0.4) is 0 Å². The van der Waals surface area contributed by atoms with Crippen molar-refractivity contribution in [1.82, 2.24) is 5.32 Å². The molecule has 1 N–H and O–H groups in total. The fourth-order valence-electron chi connectivity index (χ4n) is 4.22. The van der Waals surface area contributed by atoms with E-state index in [-0.39, 0.29) is 0 Å². The maximum atomic E-state index is 3.67. The smallest absolute Gasteiger partial charge is 0.0205 e. The van der Waals surface area contributed by atoms with Gasteiger partial charge in [0.05, 0.1) is 0 Å². The van der Waals surface area contributed by atoms with E-state index in [1.807, 2.05) is 0 Å². The molecule has 0 aliphatic heterocycles. The van der Waals surface area contributed by atoms with Gasteiger partial charge in [-0.1, -0.05) is 54.6 Å². The Morgan fingerprint density at radius 3 is 2.71 bits per heavy atom. The van der Waals surface area contributed by atoms with Crippen molar-refractivity contribution >= 4 is 0 Å². The van der Waals surface area contributed by atoms with Gasteiger partial charge in [0, 0.05) is 6.54 Å². The van der Waals surface area contributed by atoms with E-state index in [2.05, 4.69) is 59.9 Å². The zero-order valence-electron chi connectivity index (χ0n) is 12.5. The fourth-order valence-corrected chi connectivity index (χ4v) is 4.22. The second-order valence-electron chi connectivity index (χ2n) is 6.68. The van der Waals surface area contributed by atoms with Crippen LogP contribution in [0.2, 0.25) is 0 Å². The van der Waals surface area contributed by atoms with Crippen LogP contribution in [0.25, 0.3) is 0 Å². The van der Waals surface area contributed by atoms with Crippen molar-refractivity contribution < 1.29 is 0 Å². The van der Waals surface area contributed by atoms with Crippen molar-refractivity contribution in [2.75, 3.05) is 6.54 Å². The zero-order chi connectivity index (χ0) is 14.1. The standard InChI is InChI=1S/C20H23N/c1-2-7-16(8-3-1)14-21-15-18-13-20(18)12-6-10-17-9-4-5-11-19(17)20/h1-5,7-9,11,18,21H,6,10,12-15H2. The molecule has 21 heavy (non-hydrogen) atoms. The Hall–Kier alpha value is -1.60. The fraction of sp³-hybridized carbons (Fsp3) is 0.400. The van der Waals surface area contributed by atoms with Crippen LogP contribution in [-0.4, -0.2) is 6.54 Å². The van der Waals surface area contributed by atoms with E-state index in [1.54, 1.807) is 11.1 Å². The van der Waals surface area contributed by atoms with Crippen LogP contribution >= 0.6 is 0 Å². The highest BCUT2D eigenvalue weighted by atomic mass is 14.9. The molecule has 2 aromatic carbocycles. The van der Waals surface area contributed by atoms with Gasteiger partial charge in [-0.3, -0.25) is 0 Å². The molecule has 1 saturated carbocycles. The third-order valence-electron chi connectivity index (χ3n) is 5.42. The molecule has 0 heterocycles. The van der Waals surface area contributed by atoms with Gasteiger partial charge in [0.2, 0.25) is 0 Å². The molecule has 0 aromatic heterocycles. The number of benzene rings is 2. The van der Waals surface area contributed by atoms with Gasteiger partial charge in [0.15, 0.2) is 0 Å². The highest BCUT2D eigenvalue weighted by molar-refractivity contribution is 5.42. The molecule has 1 spiro atoms. The van der Waals surface area contributed by atoms with Gasteiger partial charge >= 0.3 is 0 Å². The van der Waals surface area contributed by atoms with E-state index >= 15 is 0 Å². The summed E-state index contributed by atoms with van der Waals surface area (Å²) in [5, 5.41) is 3.67. The largest absolute Gasteiger partial charge is 0.312 e. The summed E-state index contributed by atoms with van der Waals surface area (Å²) in [6, 6.07) is 19.9. The van der Waals surface area contributed by atoms with Crippen LogP contribution in [-0.2, 0) is 18.4 Å². The molecule has 1 fully saturated rings. The van der Waals surface area contributed by atoms with Gasteiger partial charge in [0.1, 0.15) is 0 Å². The molecule has 2 aliphatic carbocycles. The Labute approximate surface area is 127 Å². The number of nitrogens with one attached hydrogen (secondary N) is 1. The summed E-state index contributed by atoms with van der Waals surface area (Å²) in [7, 11) is 0. The second-order valence-corrected chi connectivity index (χ2v) is 6.68. The van der Waals surface area contributed by atoms with Crippen molar-refractivity contribution in [3.63, 3.8) is 0 Å². The van der Waals surface area contributed by atoms with Crippen molar-refractivity contribution in [1.29, 1.82) is 0 Å². The Kier molecular flexibility index (Phi) is 3.31. The van der Waals surface area contributed by atoms with E-state index in [0.29, 0.717) is 5.41 Å². The molecule has 4 rings (SSSR count). The first-order valence-corrected chi connectivity index (χ1v) is 8.21. The number of aryl methyl sites for hydroxylation is 1. The predicted octanol–water partition coefficient (Wildman–Crippen LogP) is 4.07. The lowest BCUT2D eigenvalue weighted by molar-refractivity contribution is 0.479. The normalized spacial score (nSPS) is 26.6. The molecule has 2 aliphatic rings. The third-order valence-corrected chi connectivity index (χ3v) is 5.42. The molecule has 2 unspecified atom stereocenters. The molecule has 0 bridgehead atoms. The minimum atomic E-state index is 0.512. The maximum absolute atomic E-state index is 3.67. The van der Waals surface area contributed by atoms with E-state index in [0.717, 1.165) is 19.0 Å². The molecule has 1 heteroatoms. The molecule has 0 amide bonds. The highest BCUT2D eigenvalue weighted by Crippen LogP contribution is 2.59. The Morgan fingerprint density at radius 2 is 1.81 bits per heavy atom. The second kappa shape index (κ2) is 5.31. The van der Waals surface area contributed by atoms with Crippen LogP contribution in [0.4, 0.5) is 0 Å². The first kappa shape index (κ1) is 13.1. The molecule has 1 nitrogen and oxygen atoms in total. The monoisotopic (exact) mass is 277 g/mol.